The van der Waals surface area contributed by atoms with Crippen LogP contribution in [0.25, 0.3) is 0 Å². The van der Waals surface area contributed by atoms with Crippen molar-refractivity contribution in [2.75, 3.05) is 7.11 Å². The van der Waals surface area contributed by atoms with Crippen LogP contribution in [0, 0.1) is 0 Å². The molecule has 2 amide bonds. The fourth-order valence-electron chi connectivity index (χ4n) is 3.11. The molecule has 1 aromatic rings. The second-order valence-corrected chi connectivity index (χ2v) is 6.39. The zero-order valence-corrected chi connectivity index (χ0v) is 14.9. The van der Waals surface area contributed by atoms with Crippen molar-refractivity contribution in [3.8, 4) is 5.75 Å². The van der Waals surface area contributed by atoms with Gasteiger partial charge in [-0.2, -0.15) is 0 Å². The lowest BCUT2D eigenvalue weighted by Gasteiger charge is -2.29. The summed E-state index contributed by atoms with van der Waals surface area (Å²) in [4.78, 5) is 26.5. The van der Waals surface area contributed by atoms with Gasteiger partial charge in [-0.15, -0.1) is 0 Å². The number of nitrogens with one attached hydrogen (secondary N) is 1. The molecule has 0 radical (unpaired) electrons. The Morgan fingerprint density at radius 1 is 1.25 bits per heavy atom. The first-order valence-corrected chi connectivity index (χ1v) is 8.78. The fraction of sp³-hybridized carbons (Fsp3) is 0.579. The van der Waals surface area contributed by atoms with Crippen LogP contribution >= 0.6 is 0 Å². The van der Waals surface area contributed by atoms with Crippen LogP contribution in [-0.2, 0) is 16.1 Å². The minimum absolute atomic E-state index is 0.0140. The van der Waals surface area contributed by atoms with E-state index in [0.717, 1.165) is 24.2 Å². The van der Waals surface area contributed by atoms with Crippen LogP contribution in [0.1, 0.15) is 51.5 Å². The number of rotatable bonds is 7. The number of carbonyl (C=O) groups excluding carboxylic acids is 2. The molecule has 0 aliphatic heterocycles. The molecule has 0 bridgehead atoms. The van der Waals surface area contributed by atoms with E-state index in [0.29, 0.717) is 13.0 Å². The average Bonchev–Trinajstić information content (AvgIpc) is 3.11. The number of amides is 2. The zero-order valence-electron chi connectivity index (χ0n) is 14.9. The number of hydrogen-bond donors (Lipinski definition) is 1. The first kappa shape index (κ1) is 18.3. The maximum atomic E-state index is 12.5. The second-order valence-electron chi connectivity index (χ2n) is 6.39. The van der Waals surface area contributed by atoms with Crippen molar-refractivity contribution < 1.29 is 14.3 Å². The van der Waals surface area contributed by atoms with Gasteiger partial charge in [-0.3, -0.25) is 9.59 Å². The van der Waals surface area contributed by atoms with Crippen molar-refractivity contribution in [3.05, 3.63) is 29.8 Å². The topological polar surface area (TPSA) is 58.6 Å². The molecule has 2 rings (SSSR count). The molecular formula is C19H28N2O3. The maximum Gasteiger partial charge on any atom is 0.242 e. The maximum absolute atomic E-state index is 12.5. The van der Waals surface area contributed by atoms with E-state index >= 15 is 0 Å². The van der Waals surface area contributed by atoms with Crippen molar-refractivity contribution in [2.24, 2.45) is 0 Å². The summed E-state index contributed by atoms with van der Waals surface area (Å²) in [7, 11) is 1.62. The molecule has 0 aromatic heterocycles. The molecule has 1 aliphatic carbocycles. The summed E-state index contributed by atoms with van der Waals surface area (Å²) in [5.41, 5.74) is 0.984. The molecule has 24 heavy (non-hydrogen) atoms. The Bertz CT molecular complexity index is 550. The summed E-state index contributed by atoms with van der Waals surface area (Å²) in [6.45, 7) is 4.06. The molecule has 1 N–H and O–H groups in total. The highest BCUT2D eigenvalue weighted by Crippen LogP contribution is 2.19. The summed E-state index contributed by atoms with van der Waals surface area (Å²) in [5, 5.41) is 3.09. The van der Waals surface area contributed by atoms with Crippen molar-refractivity contribution in [2.45, 2.75) is 64.6 Å². The lowest BCUT2D eigenvalue weighted by atomic mass is 10.1. The van der Waals surface area contributed by atoms with Crippen LogP contribution in [0.3, 0.4) is 0 Å². The molecule has 0 saturated heterocycles. The first-order chi connectivity index (χ1) is 11.5. The van der Waals surface area contributed by atoms with Crippen LogP contribution in [0.5, 0.6) is 5.75 Å². The van der Waals surface area contributed by atoms with Gasteiger partial charge in [0, 0.05) is 19.0 Å². The Morgan fingerprint density at radius 2 is 1.88 bits per heavy atom. The molecule has 1 fully saturated rings. The predicted molar refractivity (Wildman–Crippen MR) is 93.7 cm³/mol. The summed E-state index contributed by atoms with van der Waals surface area (Å²) >= 11 is 0. The van der Waals surface area contributed by atoms with Gasteiger partial charge in [-0.25, -0.2) is 0 Å². The minimum atomic E-state index is -0.472. The molecule has 0 heterocycles. The Morgan fingerprint density at radius 3 is 2.42 bits per heavy atom. The van der Waals surface area contributed by atoms with E-state index < -0.39 is 6.04 Å². The molecule has 1 saturated carbocycles. The largest absolute Gasteiger partial charge is 0.497 e. The number of ether oxygens (including phenoxy) is 1. The fourth-order valence-corrected chi connectivity index (χ4v) is 3.11. The summed E-state index contributed by atoms with van der Waals surface area (Å²) < 4.78 is 5.16. The molecule has 0 spiro atoms. The minimum Gasteiger partial charge on any atom is -0.497 e. The highest BCUT2D eigenvalue weighted by atomic mass is 16.5. The predicted octanol–water partition coefficient (Wildman–Crippen LogP) is 2.88. The molecule has 5 heteroatoms. The van der Waals surface area contributed by atoms with Crippen molar-refractivity contribution in [1.29, 1.82) is 0 Å². The number of benzene rings is 1. The van der Waals surface area contributed by atoms with Crippen LogP contribution in [0.4, 0.5) is 0 Å². The van der Waals surface area contributed by atoms with E-state index in [1.165, 1.54) is 12.8 Å². The standard InChI is InChI=1S/C19H28N2O3/c1-4-18(22)21(13-15-9-11-17(24-3)12-10-15)14(2)19(23)20-16-7-5-6-8-16/h9-12,14,16H,4-8,13H2,1-3H3,(H,20,23)/t14-/m1/s1. The lowest BCUT2D eigenvalue weighted by molar-refractivity contribution is -0.140. The van der Waals surface area contributed by atoms with Gasteiger partial charge in [0.05, 0.1) is 7.11 Å². The third kappa shape index (κ3) is 4.73. The Labute approximate surface area is 144 Å². The van der Waals surface area contributed by atoms with Crippen LogP contribution in [0.15, 0.2) is 24.3 Å². The second kappa shape index (κ2) is 8.71. The molecule has 1 aliphatic rings. The molecule has 1 atom stereocenters. The summed E-state index contributed by atoms with van der Waals surface area (Å²) in [6, 6.07) is 7.38. The third-order valence-corrected chi connectivity index (χ3v) is 4.68. The van der Waals surface area contributed by atoms with Gasteiger partial charge < -0.3 is 15.0 Å². The van der Waals surface area contributed by atoms with Crippen molar-refractivity contribution in [3.63, 3.8) is 0 Å². The van der Waals surface area contributed by atoms with Gasteiger partial charge >= 0.3 is 0 Å². The molecule has 1 aromatic carbocycles. The number of carbonyl (C=O) groups is 2. The molecular weight excluding hydrogens is 304 g/mol. The third-order valence-electron chi connectivity index (χ3n) is 4.68. The van der Waals surface area contributed by atoms with Crippen LogP contribution in [-0.4, -0.2) is 35.9 Å². The van der Waals surface area contributed by atoms with E-state index in [1.807, 2.05) is 31.2 Å². The van der Waals surface area contributed by atoms with Gasteiger partial charge in [0.25, 0.3) is 0 Å². The number of nitrogens with zero attached hydrogens (tertiary/aromatic N) is 1. The smallest absolute Gasteiger partial charge is 0.242 e. The normalized spacial score (nSPS) is 15.8. The van der Waals surface area contributed by atoms with E-state index in [1.54, 1.807) is 18.9 Å². The van der Waals surface area contributed by atoms with Crippen LogP contribution in [0.2, 0.25) is 0 Å². The quantitative estimate of drug-likeness (QED) is 0.835. The molecule has 132 valence electrons. The zero-order chi connectivity index (χ0) is 17.5. The van der Waals surface area contributed by atoms with E-state index in [9.17, 15) is 9.59 Å². The van der Waals surface area contributed by atoms with Crippen molar-refractivity contribution in [1.82, 2.24) is 10.2 Å². The average molecular weight is 332 g/mol. The van der Waals surface area contributed by atoms with E-state index in [-0.39, 0.29) is 17.9 Å². The van der Waals surface area contributed by atoms with Gasteiger partial charge in [0.1, 0.15) is 11.8 Å². The van der Waals surface area contributed by atoms with E-state index in [4.69, 9.17) is 4.74 Å². The lowest BCUT2D eigenvalue weighted by Crippen LogP contribution is -2.49. The van der Waals surface area contributed by atoms with Gasteiger partial charge in [0.15, 0.2) is 0 Å². The monoisotopic (exact) mass is 332 g/mol. The summed E-state index contributed by atoms with van der Waals surface area (Å²) in [5.74, 6) is 0.705. The van der Waals surface area contributed by atoms with Gasteiger partial charge in [-0.1, -0.05) is 31.9 Å². The van der Waals surface area contributed by atoms with Gasteiger partial charge in [0.2, 0.25) is 11.8 Å². The molecule has 0 unspecified atom stereocenters. The number of methoxy groups -OCH3 is 1. The first-order valence-electron chi connectivity index (χ1n) is 8.78. The Hall–Kier alpha value is -2.04. The highest BCUT2D eigenvalue weighted by molar-refractivity contribution is 5.87. The van der Waals surface area contributed by atoms with Gasteiger partial charge in [-0.05, 0) is 37.5 Å². The van der Waals surface area contributed by atoms with E-state index in [2.05, 4.69) is 5.32 Å². The molecule has 5 nitrogen and oxygen atoms in total. The summed E-state index contributed by atoms with van der Waals surface area (Å²) in [6.07, 6.45) is 4.81. The highest BCUT2D eigenvalue weighted by Gasteiger charge is 2.27. The Balaban J connectivity index is 2.05. The number of hydrogen-bond acceptors (Lipinski definition) is 3. The Kier molecular flexibility index (Phi) is 6.64. The SMILES string of the molecule is CCC(=O)N(Cc1ccc(OC)cc1)[C@H](C)C(=O)NC1CCCC1. The van der Waals surface area contributed by atoms with Crippen molar-refractivity contribution >= 4 is 11.8 Å². The van der Waals surface area contributed by atoms with Crippen LogP contribution < -0.4 is 10.1 Å².